The number of para-hydroxylation sites is 3. The fourth-order valence-electron chi connectivity index (χ4n) is 3.61. The van der Waals surface area contributed by atoms with Crippen LogP contribution in [0.3, 0.4) is 0 Å². The number of tetrazole rings is 1. The van der Waals surface area contributed by atoms with Gasteiger partial charge in [-0.15, -0.1) is 0 Å². The lowest BCUT2D eigenvalue weighted by Crippen LogP contribution is -2.48. The zero-order valence-electron chi connectivity index (χ0n) is 15.6. The van der Waals surface area contributed by atoms with E-state index >= 15 is 0 Å². The molecular weight excluding hydrogens is 352 g/mol. The van der Waals surface area contributed by atoms with Crippen LogP contribution >= 0.6 is 0 Å². The van der Waals surface area contributed by atoms with Crippen LogP contribution in [0, 0.1) is 6.92 Å². The van der Waals surface area contributed by atoms with E-state index in [2.05, 4.69) is 25.3 Å². The maximum Gasteiger partial charge on any atom is 0.250 e. The summed E-state index contributed by atoms with van der Waals surface area (Å²) in [7, 11) is 0. The molecule has 5 rings (SSSR count). The molecule has 0 aliphatic carbocycles. The summed E-state index contributed by atoms with van der Waals surface area (Å²) in [5.41, 5.74) is 3.78. The van der Waals surface area contributed by atoms with Crippen molar-refractivity contribution in [3.05, 3.63) is 60.3 Å². The van der Waals surface area contributed by atoms with Crippen LogP contribution in [0.5, 0.6) is 0 Å². The Morgan fingerprint density at radius 1 is 0.750 bits per heavy atom. The number of fused-ring (bicyclic) bond motifs is 1. The Balaban J connectivity index is 1.37. The van der Waals surface area contributed by atoms with Crippen molar-refractivity contribution in [2.24, 2.45) is 0 Å². The van der Waals surface area contributed by atoms with E-state index in [9.17, 15) is 0 Å². The van der Waals surface area contributed by atoms with Gasteiger partial charge >= 0.3 is 0 Å². The Morgan fingerprint density at radius 2 is 1.39 bits per heavy atom. The standard InChI is InChI=1S/C20H20N8/c1-15-19(22-18-10-6-5-9-17(18)21-15)26-11-13-27(14-12-26)20-23-24-25-28(20)16-7-3-2-4-8-16/h2-10H,11-14H2,1H3. The maximum atomic E-state index is 4.85. The number of nitrogens with zero attached hydrogens (tertiary/aromatic N) is 8. The van der Waals surface area contributed by atoms with E-state index in [1.165, 1.54) is 0 Å². The minimum Gasteiger partial charge on any atom is -0.352 e. The normalized spacial score (nSPS) is 14.6. The lowest BCUT2D eigenvalue weighted by atomic mass is 10.2. The molecule has 1 saturated heterocycles. The van der Waals surface area contributed by atoms with E-state index < -0.39 is 0 Å². The topological polar surface area (TPSA) is 75.9 Å². The molecule has 0 amide bonds. The number of aromatic nitrogens is 6. The number of anilines is 2. The fraction of sp³-hybridized carbons (Fsp3) is 0.250. The quantitative estimate of drug-likeness (QED) is 0.546. The Bertz CT molecular complexity index is 1100. The van der Waals surface area contributed by atoms with Gasteiger partial charge in [0, 0.05) is 26.2 Å². The van der Waals surface area contributed by atoms with Gasteiger partial charge in [0.05, 0.1) is 22.4 Å². The van der Waals surface area contributed by atoms with Crippen LogP contribution < -0.4 is 9.80 Å². The van der Waals surface area contributed by atoms with Crippen molar-refractivity contribution in [1.29, 1.82) is 0 Å². The summed E-state index contributed by atoms with van der Waals surface area (Å²) in [6.07, 6.45) is 0. The molecule has 3 heterocycles. The zero-order chi connectivity index (χ0) is 18.9. The predicted molar refractivity (Wildman–Crippen MR) is 108 cm³/mol. The van der Waals surface area contributed by atoms with Crippen LogP contribution in [-0.2, 0) is 0 Å². The van der Waals surface area contributed by atoms with Crippen LogP contribution in [0.1, 0.15) is 5.69 Å². The fourth-order valence-corrected chi connectivity index (χ4v) is 3.61. The molecule has 1 fully saturated rings. The monoisotopic (exact) mass is 372 g/mol. The molecule has 0 atom stereocenters. The first-order chi connectivity index (χ1) is 13.8. The first-order valence-electron chi connectivity index (χ1n) is 9.37. The molecule has 28 heavy (non-hydrogen) atoms. The summed E-state index contributed by atoms with van der Waals surface area (Å²) in [5, 5.41) is 12.3. The van der Waals surface area contributed by atoms with Crippen LogP contribution in [0.15, 0.2) is 54.6 Å². The van der Waals surface area contributed by atoms with Crippen molar-refractivity contribution >= 4 is 22.8 Å². The molecule has 140 valence electrons. The van der Waals surface area contributed by atoms with E-state index in [1.54, 1.807) is 4.68 Å². The average molecular weight is 372 g/mol. The van der Waals surface area contributed by atoms with Gasteiger partial charge in [-0.2, -0.15) is 4.68 Å². The summed E-state index contributed by atoms with van der Waals surface area (Å²) < 4.78 is 1.79. The van der Waals surface area contributed by atoms with Crippen molar-refractivity contribution in [3.8, 4) is 5.69 Å². The van der Waals surface area contributed by atoms with Gasteiger partial charge < -0.3 is 9.80 Å². The van der Waals surface area contributed by atoms with Crippen LogP contribution in [-0.4, -0.2) is 56.4 Å². The highest BCUT2D eigenvalue weighted by molar-refractivity contribution is 5.76. The second-order valence-electron chi connectivity index (χ2n) is 6.82. The molecule has 2 aromatic heterocycles. The number of hydrogen-bond donors (Lipinski definition) is 0. The van der Waals surface area contributed by atoms with E-state index in [0.717, 1.165) is 60.4 Å². The van der Waals surface area contributed by atoms with Crippen LogP contribution in [0.4, 0.5) is 11.8 Å². The average Bonchev–Trinajstić information content (AvgIpc) is 3.24. The van der Waals surface area contributed by atoms with Gasteiger partial charge in [0.2, 0.25) is 5.95 Å². The summed E-state index contributed by atoms with van der Waals surface area (Å²) in [6, 6.07) is 18.0. The third-order valence-corrected chi connectivity index (χ3v) is 5.04. The Hall–Kier alpha value is -3.55. The van der Waals surface area contributed by atoms with Crippen molar-refractivity contribution in [2.75, 3.05) is 36.0 Å². The van der Waals surface area contributed by atoms with E-state index in [4.69, 9.17) is 9.97 Å². The van der Waals surface area contributed by atoms with Crippen LogP contribution in [0.2, 0.25) is 0 Å². The molecule has 2 aromatic carbocycles. The molecule has 0 spiro atoms. The minimum atomic E-state index is 0.771. The van der Waals surface area contributed by atoms with Crippen molar-refractivity contribution < 1.29 is 0 Å². The molecule has 0 saturated carbocycles. The molecular formula is C20H20N8. The van der Waals surface area contributed by atoms with Gasteiger partial charge in [0.1, 0.15) is 0 Å². The van der Waals surface area contributed by atoms with Crippen LogP contribution in [0.25, 0.3) is 16.7 Å². The smallest absolute Gasteiger partial charge is 0.250 e. The van der Waals surface area contributed by atoms with Gasteiger partial charge in [0.15, 0.2) is 5.82 Å². The summed E-state index contributed by atoms with van der Waals surface area (Å²) in [4.78, 5) is 14.1. The third kappa shape index (κ3) is 2.92. The summed E-state index contributed by atoms with van der Waals surface area (Å²) >= 11 is 0. The van der Waals surface area contributed by atoms with Crippen molar-refractivity contribution in [2.45, 2.75) is 6.92 Å². The van der Waals surface area contributed by atoms with Gasteiger partial charge in [-0.05, 0) is 41.6 Å². The lowest BCUT2D eigenvalue weighted by molar-refractivity contribution is 0.625. The Kier molecular flexibility index (Phi) is 4.08. The maximum absolute atomic E-state index is 4.85. The third-order valence-electron chi connectivity index (χ3n) is 5.04. The molecule has 0 N–H and O–H groups in total. The highest BCUT2D eigenvalue weighted by Gasteiger charge is 2.24. The van der Waals surface area contributed by atoms with E-state index in [-0.39, 0.29) is 0 Å². The molecule has 0 radical (unpaired) electrons. The second-order valence-corrected chi connectivity index (χ2v) is 6.82. The number of benzene rings is 2. The molecule has 1 aliphatic heterocycles. The highest BCUT2D eigenvalue weighted by Crippen LogP contribution is 2.23. The zero-order valence-corrected chi connectivity index (χ0v) is 15.6. The minimum absolute atomic E-state index is 0.771. The number of piperazine rings is 1. The largest absolute Gasteiger partial charge is 0.352 e. The van der Waals surface area contributed by atoms with E-state index in [0.29, 0.717) is 0 Å². The molecule has 0 unspecified atom stereocenters. The molecule has 4 aromatic rings. The Morgan fingerprint density at radius 3 is 2.14 bits per heavy atom. The Labute approximate surface area is 162 Å². The first kappa shape index (κ1) is 16.6. The van der Waals surface area contributed by atoms with Gasteiger partial charge in [-0.3, -0.25) is 0 Å². The highest BCUT2D eigenvalue weighted by atomic mass is 15.6. The second kappa shape index (κ2) is 6.88. The molecule has 0 bridgehead atoms. The number of rotatable bonds is 3. The summed E-state index contributed by atoms with van der Waals surface area (Å²) in [6.45, 7) is 5.35. The van der Waals surface area contributed by atoms with Gasteiger partial charge in [-0.1, -0.05) is 35.4 Å². The number of aryl methyl sites for hydroxylation is 1. The van der Waals surface area contributed by atoms with Crippen molar-refractivity contribution in [1.82, 2.24) is 30.2 Å². The predicted octanol–water partition coefficient (Wildman–Crippen LogP) is 2.24. The molecule has 1 aliphatic rings. The SMILES string of the molecule is Cc1nc2ccccc2nc1N1CCN(c2nnnn2-c2ccccc2)CC1. The van der Waals surface area contributed by atoms with Gasteiger partial charge in [-0.25, -0.2) is 9.97 Å². The first-order valence-corrected chi connectivity index (χ1v) is 9.37. The molecule has 8 nitrogen and oxygen atoms in total. The molecule has 8 heteroatoms. The van der Waals surface area contributed by atoms with Crippen molar-refractivity contribution in [3.63, 3.8) is 0 Å². The van der Waals surface area contributed by atoms with Gasteiger partial charge in [0.25, 0.3) is 0 Å². The van der Waals surface area contributed by atoms with E-state index in [1.807, 2.05) is 61.5 Å². The number of hydrogen-bond acceptors (Lipinski definition) is 7. The lowest BCUT2D eigenvalue weighted by Gasteiger charge is -2.35. The summed E-state index contributed by atoms with van der Waals surface area (Å²) in [5.74, 6) is 1.73.